The van der Waals surface area contributed by atoms with Crippen molar-refractivity contribution in [3.8, 4) is 5.75 Å². The van der Waals surface area contributed by atoms with Crippen molar-refractivity contribution in [3.63, 3.8) is 0 Å². The number of halogens is 1. The van der Waals surface area contributed by atoms with Crippen LogP contribution in [0.3, 0.4) is 0 Å². The Hall–Kier alpha value is -2.69. The van der Waals surface area contributed by atoms with Gasteiger partial charge in [0.15, 0.2) is 0 Å². The molecule has 1 aliphatic carbocycles. The highest BCUT2D eigenvalue weighted by Gasteiger charge is 2.57. The lowest BCUT2D eigenvalue weighted by Gasteiger charge is -2.42. The van der Waals surface area contributed by atoms with E-state index in [0.717, 1.165) is 39.6 Å². The molecule has 0 spiro atoms. The third-order valence-corrected chi connectivity index (χ3v) is 9.02. The Morgan fingerprint density at radius 3 is 2.66 bits per heavy atom. The van der Waals surface area contributed by atoms with Gasteiger partial charge in [-0.15, -0.1) is 0 Å². The first-order valence-corrected chi connectivity index (χ1v) is 14.9. The van der Waals surface area contributed by atoms with Gasteiger partial charge in [-0.2, -0.15) is 0 Å². The monoisotopic (exact) mass is 621 g/mol. The number of imide groups is 1. The number of nitrogens with zero attached hydrogens (tertiary/aromatic N) is 1. The summed E-state index contributed by atoms with van der Waals surface area (Å²) in [6.07, 6.45) is 5.33. The number of hydrogen-bond acceptors (Lipinski definition) is 7. The van der Waals surface area contributed by atoms with Gasteiger partial charge in [-0.1, -0.05) is 58.6 Å². The average molecular weight is 622 g/mol. The summed E-state index contributed by atoms with van der Waals surface area (Å²) in [6, 6.07) is 11.5. The van der Waals surface area contributed by atoms with Crippen molar-refractivity contribution in [3.05, 3.63) is 69.2 Å². The van der Waals surface area contributed by atoms with Gasteiger partial charge in [-0.3, -0.25) is 14.5 Å². The lowest BCUT2D eigenvalue weighted by molar-refractivity contribution is -0.122. The number of allylic oxidation sites excluding steroid dienone is 2. The fraction of sp³-hybridized carbons (Fsp3) is 0.400. The average Bonchev–Trinajstić information content (AvgIpc) is 3.18. The maximum atomic E-state index is 13.8. The van der Waals surface area contributed by atoms with Gasteiger partial charge in [0.1, 0.15) is 5.75 Å². The predicted octanol–water partition coefficient (Wildman–Crippen LogP) is 3.82. The number of amides is 2. The predicted molar refractivity (Wildman–Crippen MR) is 162 cm³/mol. The second-order valence-electron chi connectivity index (χ2n) is 11.3. The molecule has 11 heteroatoms. The van der Waals surface area contributed by atoms with Crippen molar-refractivity contribution in [1.29, 1.82) is 0 Å². The molecular weight excluding hydrogens is 588 g/mol. The molecule has 8 nitrogen and oxygen atoms in total. The van der Waals surface area contributed by atoms with Gasteiger partial charge in [0.05, 0.1) is 23.6 Å². The summed E-state index contributed by atoms with van der Waals surface area (Å²) in [5.41, 5.74) is 4.41. The van der Waals surface area contributed by atoms with Crippen molar-refractivity contribution < 1.29 is 34.4 Å². The molecule has 3 aliphatic rings. The van der Waals surface area contributed by atoms with E-state index in [9.17, 15) is 29.8 Å². The van der Waals surface area contributed by atoms with Gasteiger partial charge in [0, 0.05) is 10.0 Å². The van der Waals surface area contributed by atoms with Gasteiger partial charge < -0.3 is 24.8 Å². The maximum absolute atomic E-state index is 13.8. The molecule has 2 heterocycles. The molecule has 2 fully saturated rings. The molecule has 214 valence electrons. The highest BCUT2D eigenvalue weighted by molar-refractivity contribution is 9.10. The molecule has 0 saturated carbocycles. The highest BCUT2D eigenvalue weighted by Crippen LogP contribution is 2.51. The zero-order valence-electron chi connectivity index (χ0n) is 23.2. The number of phenolic OH excluding ortho intramolecular Hbond substituents is 1. The van der Waals surface area contributed by atoms with Gasteiger partial charge >= 0.3 is 14.2 Å². The summed E-state index contributed by atoms with van der Waals surface area (Å²) in [7, 11) is -2.77. The number of anilines is 1. The smallest absolute Gasteiger partial charge is 0.488 e. The number of fused-ring (bicyclic) bond motifs is 3. The second-order valence-corrected chi connectivity index (χ2v) is 12.2. The van der Waals surface area contributed by atoms with E-state index in [0.29, 0.717) is 24.9 Å². The highest BCUT2D eigenvalue weighted by atomic mass is 79.9. The molecule has 2 aromatic rings. The first kappa shape index (κ1) is 29.8. The molecule has 4 atom stereocenters. The van der Waals surface area contributed by atoms with E-state index in [4.69, 9.17) is 4.65 Å². The van der Waals surface area contributed by atoms with Gasteiger partial charge in [0.25, 0.3) is 0 Å². The molecule has 0 radical (unpaired) electrons. The van der Waals surface area contributed by atoms with Crippen LogP contribution in [0.15, 0.2) is 63.7 Å². The van der Waals surface area contributed by atoms with E-state index < -0.39 is 32.2 Å². The minimum Gasteiger partial charge on any atom is -0.507 e. The molecule has 2 saturated heterocycles. The Balaban J connectivity index is 1.40. The molecule has 5 rings (SSSR count). The fourth-order valence-electron chi connectivity index (χ4n) is 6.77. The minimum absolute atomic E-state index is 0.196. The van der Waals surface area contributed by atoms with E-state index in [1.807, 2.05) is 19.1 Å². The quantitative estimate of drug-likeness (QED) is 0.200. The number of hydrogen-bond donors (Lipinski definition) is 4. The molecule has 4 N–H and O–H groups in total. The third kappa shape index (κ3) is 5.96. The maximum Gasteiger partial charge on any atom is 0.488 e. The van der Waals surface area contributed by atoms with Gasteiger partial charge in [0.2, 0.25) is 11.8 Å². The standard InChI is InChI=1S/C30H34B2BrNO7/c1-3-5-18(13-19-14-21(33)9-10-25(19)35)8-11-26-27-17(2)12-23-28(24(27)16-31(38)41-26)30(37)34(29(23)36)22-7-4-6-20(15-22)32(39)40/h4,6-7,9-10,13-15,23-24,26,28,35,38-40H,3,5,8,11-12,16H2,1-2H3/b18-13+/t23-,24+,26-,28-/m1/s1. The van der Waals surface area contributed by atoms with Crippen molar-refractivity contribution in [2.75, 3.05) is 4.90 Å². The van der Waals surface area contributed by atoms with Crippen molar-refractivity contribution >= 4 is 59.2 Å². The normalized spacial score (nSPS) is 24.6. The Morgan fingerprint density at radius 2 is 1.93 bits per heavy atom. The summed E-state index contributed by atoms with van der Waals surface area (Å²) in [4.78, 5) is 28.5. The first-order chi connectivity index (χ1) is 19.6. The van der Waals surface area contributed by atoms with E-state index in [2.05, 4.69) is 22.9 Å². The topological polar surface area (TPSA) is 128 Å². The lowest BCUT2D eigenvalue weighted by atomic mass is 9.58. The van der Waals surface area contributed by atoms with Crippen LogP contribution in [0, 0.1) is 17.8 Å². The van der Waals surface area contributed by atoms with E-state index >= 15 is 0 Å². The Labute approximate surface area is 249 Å². The van der Waals surface area contributed by atoms with E-state index in [1.54, 1.807) is 24.3 Å². The van der Waals surface area contributed by atoms with Crippen molar-refractivity contribution in [2.45, 2.75) is 58.4 Å². The number of benzene rings is 2. The van der Waals surface area contributed by atoms with Crippen LogP contribution in [0.2, 0.25) is 6.32 Å². The van der Waals surface area contributed by atoms with E-state index in [-0.39, 0.29) is 35.3 Å². The molecule has 2 aliphatic heterocycles. The van der Waals surface area contributed by atoms with Crippen LogP contribution in [0.1, 0.15) is 51.5 Å². The summed E-state index contributed by atoms with van der Waals surface area (Å²) >= 11 is 3.47. The summed E-state index contributed by atoms with van der Waals surface area (Å²) < 4.78 is 6.94. The summed E-state index contributed by atoms with van der Waals surface area (Å²) in [6.45, 7) is 4.09. The largest absolute Gasteiger partial charge is 0.507 e. The van der Waals surface area contributed by atoms with Crippen LogP contribution in [0.4, 0.5) is 5.69 Å². The summed E-state index contributed by atoms with van der Waals surface area (Å²) in [5, 5.41) is 40.3. The van der Waals surface area contributed by atoms with Crippen molar-refractivity contribution in [2.24, 2.45) is 17.8 Å². The van der Waals surface area contributed by atoms with Crippen LogP contribution in [-0.2, 0) is 14.2 Å². The van der Waals surface area contributed by atoms with Crippen LogP contribution in [0.25, 0.3) is 6.08 Å². The van der Waals surface area contributed by atoms with Crippen LogP contribution < -0.4 is 10.4 Å². The molecule has 2 amide bonds. The molecule has 0 bridgehead atoms. The zero-order valence-corrected chi connectivity index (χ0v) is 24.8. The van der Waals surface area contributed by atoms with Gasteiger partial charge in [-0.05, 0) is 86.2 Å². The Bertz CT molecular complexity index is 1410. The van der Waals surface area contributed by atoms with Crippen molar-refractivity contribution in [1.82, 2.24) is 0 Å². The number of carbonyl (C=O) groups excluding carboxylic acids is 2. The Morgan fingerprint density at radius 1 is 1.15 bits per heavy atom. The fourth-order valence-corrected chi connectivity index (χ4v) is 7.15. The van der Waals surface area contributed by atoms with Crippen LogP contribution >= 0.6 is 15.9 Å². The SMILES string of the molecule is CCC/C(=C\c1cc(Br)ccc1O)CC[C@H]1OB(O)C[C@H]2C1=C(C)C[C@H]1C(=O)N(c3cccc(B(O)O)c3)C(=O)[C@H]12. The molecule has 2 aromatic carbocycles. The minimum atomic E-state index is -1.72. The summed E-state index contributed by atoms with van der Waals surface area (Å²) in [5.74, 6) is -1.92. The second kappa shape index (κ2) is 12.3. The molecule has 0 unspecified atom stereocenters. The zero-order chi connectivity index (χ0) is 29.4. The number of carbonyl (C=O) groups is 2. The lowest BCUT2D eigenvalue weighted by Crippen LogP contribution is -2.46. The molecule has 0 aromatic heterocycles. The molecule has 41 heavy (non-hydrogen) atoms. The Kier molecular flexibility index (Phi) is 8.92. The number of rotatable bonds is 8. The van der Waals surface area contributed by atoms with E-state index in [1.165, 1.54) is 17.0 Å². The first-order valence-electron chi connectivity index (χ1n) is 14.1. The number of phenols is 1. The van der Waals surface area contributed by atoms with Gasteiger partial charge in [-0.25, -0.2) is 0 Å². The van der Waals surface area contributed by atoms with Crippen LogP contribution in [-0.4, -0.2) is 52.3 Å². The van der Waals surface area contributed by atoms with Crippen LogP contribution in [0.5, 0.6) is 5.75 Å². The molecular formula is C30H34B2BrNO7. The third-order valence-electron chi connectivity index (χ3n) is 8.53. The number of aromatic hydroxyl groups is 1.